The molecule has 0 aliphatic carbocycles. The van der Waals surface area contributed by atoms with Gasteiger partial charge < -0.3 is 9.15 Å². The minimum absolute atomic E-state index is 0.166. The molecule has 1 aromatic heterocycles. The quantitative estimate of drug-likeness (QED) is 0.710. The Kier molecular flexibility index (Phi) is 3.39. The molecule has 3 aromatic rings. The van der Waals surface area contributed by atoms with Crippen molar-refractivity contribution < 1.29 is 13.5 Å². The minimum atomic E-state index is -0.478. The van der Waals surface area contributed by atoms with E-state index in [4.69, 9.17) is 20.8 Å². The molecule has 1 heterocycles. The van der Waals surface area contributed by atoms with E-state index in [0.717, 1.165) is 0 Å². The summed E-state index contributed by atoms with van der Waals surface area (Å²) < 4.78 is 24.2. The lowest BCUT2D eigenvalue weighted by Gasteiger charge is -2.10. The van der Waals surface area contributed by atoms with Crippen LogP contribution in [-0.4, -0.2) is 7.11 Å². The van der Waals surface area contributed by atoms with Crippen molar-refractivity contribution in [2.24, 2.45) is 0 Å². The first-order chi connectivity index (χ1) is 10.1. The van der Waals surface area contributed by atoms with Crippen LogP contribution in [0, 0.1) is 5.82 Å². The van der Waals surface area contributed by atoms with Gasteiger partial charge in [-0.1, -0.05) is 17.7 Å². The summed E-state index contributed by atoms with van der Waals surface area (Å²) in [5.74, 6) is 0.232. The van der Waals surface area contributed by atoms with Crippen molar-refractivity contribution in [3.05, 3.63) is 63.5 Å². The van der Waals surface area contributed by atoms with Crippen LogP contribution in [0.4, 0.5) is 4.39 Å². The van der Waals surface area contributed by atoms with Gasteiger partial charge in [0.2, 0.25) is 0 Å². The largest absolute Gasteiger partial charge is 0.496 e. The molecule has 0 spiro atoms. The van der Waals surface area contributed by atoms with E-state index in [-0.39, 0.29) is 16.8 Å². The molecule has 106 valence electrons. The van der Waals surface area contributed by atoms with Gasteiger partial charge >= 0.3 is 0 Å². The van der Waals surface area contributed by atoms with Crippen LogP contribution in [0.15, 0.2) is 51.7 Å². The molecule has 0 bridgehead atoms. The lowest BCUT2D eigenvalue weighted by molar-refractivity contribution is 0.415. The van der Waals surface area contributed by atoms with Crippen molar-refractivity contribution >= 4 is 22.6 Å². The third kappa shape index (κ3) is 2.38. The van der Waals surface area contributed by atoms with E-state index in [0.29, 0.717) is 21.7 Å². The van der Waals surface area contributed by atoms with Crippen molar-refractivity contribution in [3.63, 3.8) is 0 Å². The number of halogens is 2. The smallest absolute Gasteiger partial charge is 0.193 e. The standard InChI is InChI=1S/C16H10ClFO3/c1-20-13-4-2-3-11(17)16(13)15-8-12(19)10-6-5-9(18)7-14(10)21-15/h2-8H,1H3. The van der Waals surface area contributed by atoms with Crippen LogP contribution in [-0.2, 0) is 0 Å². The Labute approximate surface area is 124 Å². The van der Waals surface area contributed by atoms with Crippen molar-refractivity contribution in [2.45, 2.75) is 0 Å². The Bertz CT molecular complexity index is 886. The van der Waals surface area contributed by atoms with Gasteiger partial charge in [-0.2, -0.15) is 0 Å². The second-order valence-electron chi connectivity index (χ2n) is 4.43. The van der Waals surface area contributed by atoms with Gasteiger partial charge in [0.25, 0.3) is 0 Å². The summed E-state index contributed by atoms with van der Waals surface area (Å²) in [5, 5.41) is 0.694. The Balaban J connectivity index is 2.34. The number of methoxy groups -OCH3 is 1. The van der Waals surface area contributed by atoms with E-state index in [1.807, 2.05) is 0 Å². The Hall–Kier alpha value is -2.33. The van der Waals surface area contributed by atoms with E-state index in [1.165, 1.54) is 31.4 Å². The first-order valence-corrected chi connectivity index (χ1v) is 6.54. The molecule has 0 aliphatic heterocycles. The highest BCUT2D eigenvalue weighted by molar-refractivity contribution is 6.33. The predicted molar refractivity (Wildman–Crippen MR) is 79.4 cm³/mol. The second-order valence-corrected chi connectivity index (χ2v) is 4.84. The number of benzene rings is 2. The van der Waals surface area contributed by atoms with Gasteiger partial charge in [-0.05, 0) is 24.3 Å². The van der Waals surface area contributed by atoms with Crippen LogP contribution < -0.4 is 10.2 Å². The van der Waals surface area contributed by atoms with Gasteiger partial charge in [-0.3, -0.25) is 4.79 Å². The zero-order chi connectivity index (χ0) is 15.0. The molecular formula is C16H10ClFO3. The van der Waals surface area contributed by atoms with E-state index in [1.54, 1.807) is 18.2 Å². The zero-order valence-corrected chi connectivity index (χ0v) is 11.8. The summed E-state index contributed by atoms with van der Waals surface area (Å²) in [4.78, 5) is 12.1. The van der Waals surface area contributed by atoms with Gasteiger partial charge in [0.15, 0.2) is 5.43 Å². The molecule has 3 nitrogen and oxygen atoms in total. The summed E-state index contributed by atoms with van der Waals surface area (Å²) in [6, 6.07) is 10.2. The highest BCUT2D eigenvalue weighted by Gasteiger charge is 2.15. The second kappa shape index (κ2) is 5.22. The van der Waals surface area contributed by atoms with Crippen LogP contribution in [0.1, 0.15) is 0 Å². The maximum absolute atomic E-state index is 13.3. The van der Waals surface area contributed by atoms with Crippen molar-refractivity contribution in [1.82, 2.24) is 0 Å². The first kappa shape index (κ1) is 13.6. The van der Waals surface area contributed by atoms with Crippen LogP contribution in [0.25, 0.3) is 22.3 Å². The van der Waals surface area contributed by atoms with E-state index in [9.17, 15) is 9.18 Å². The topological polar surface area (TPSA) is 39.4 Å². The summed E-state index contributed by atoms with van der Waals surface area (Å²) >= 11 is 6.16. The third-order valence-electron chi connectivity index (χ3n) is 3.13. The van der Waals surface area contributed by atoms with Gasteiger partial charge in [0.1, 0.15) is 22.9 Å². The highest BCUT2D eigenvalue weighted by atomic mass is 35.5. The molecule has 3 rings (SSSR count). The minimum Gasteiger partial charge on any atom is -0.496 e. The molecule has 0 unspecified atom stereocenters. The molecule has 0 radical (unpaired) electrons. The van der Waals surface area contributed by atoms with Crippen molar-refractivity contribution in [3.8, 4) is 17.1 Å². The Morgan fingerprint density at radius 1 is 1.19 bits per heavy atom. The van der Waals surface area contributed by atoms with E-state index in [2.05, 4.69) is 0 Å². The fourth-order valence-corrected chi connectivity index (χ4v) is 2.42. The molecular weight excluding hydrogens is 295 g/mol. The molecule has 0 atom stereocenters. The van der Waals surface area contributed by atoms with Crippen LogP contribution in [0.2, 0.25) is 5.02 Å². The van der Waals surface area contributed by atoms with Gasteiger partial charge in [0.05, 0.1) is 23.1 Å². The number of hydrogen-bond donors (Lipinski definition) is 0. The van der Waals surface area contributed by atoms with Crippen LogP contribution >= 0.6 is 11.6 Å². The molecule has 0 aliphatic rings. The Morgan fingerprint density at radius 2 is 2.00 bits per heavy atom. The van der Waals surface area contributed by atoms with Crippen molar-refractivity contribution in [2.75, 3.05) is 7.11 Å². The highest BCUT2D eigenvalue weighted by Crippen LogP contribution is 2.36. The predicted octanol–water partition coefficient (Wildman–Crippen LogP) is 4.26. The zero-order valence-electron chi connectivity index (χ0n) is 11.0. The molecule has 0 N–H and O–H groups in total. The molecule has 2 aromatic carbocycles. The third-order valence-corrected chi connectivity index (χ3v) is 3.45. The maximum atomic E-state index is 13.3. The fourth-order valence-electron chi connectivity index (χ4n) is 2.17. The van der Waals surface area contributed by atoms with E-state index >= 15 is 0 Å². The molecule has 0 saturated carbocycles. The fraction of sp³-hybridized carbons (Fsp3) is 0.0625. The number of rotatable bonds is 2. The summed E-state index contributed by atoms with van der Waals surface area (Å²) in [6.07, 6.45) is 0. The SMILES string of the molecule is COc1cccc(Cl)c1-c1cc(=O)c2ccc(F)cc2o1. The van der Waals surface area contributed by atoms with Gasteiger partial charge in [-0.15, -0.1) is 0 Å². The average molecular weight is 305 g/mol. The molecule has 21 heavy (non-hydrogen) atoms. The lowest BCUT2D eigenvalue weighted by atomic mass is 10.1. The summed E-state index contributed by atoms with van der Waals surface area (Å²) in [6.45, 7) is 0. The number of fused-ring (bicyclic) bond motifs is 1. The molecule has 0 fully saturated rings. The molecule has 5 heteroatoms. The number of ether oxygens (including phenoxy) is 1. The molecule has 0 saturated heterocycles. The van der Waals surface area contributed by atoms with E-state index < -0.39 is 5.82 Å². The van der Waals surface area contributed by atoms with Crippen LogP contribution in [0.5, 0.6) is 5.75 Å². The average Bonchev–Trinajstić information content (AvgIpc) is 2.46. The maximum Gasteiger partial charge on any atom is 0.193 e. The monoisotopic (exact) mass is 304 g/mol. The van der Waals surface area contributed by atoms with Crippen molar-refractivity contribution in [1.29, 1.82) is 0 Å². The summed E-state index contributed by atoms with van der Waals surface area (Å²) in [5.41, 5.74) is 0.359. The van der Waals surface area contributed by atoms with Gasteiger partial charge in [-0.25, -0.2) is 4.39 Å². The first-order valence-electron chi connectivity index (χ1n) is 6.16. The lowest BCUT2D eigenvalue weighted by Crippen LogP contribution is -2.01. The normalized spacial score (nSPS) is 10.8. The van der Waals surface area contributed by atoms with Gasteiger partial charge in [0, 0.05) is 12.1 Å². The molecule has 0 amide bonds. The Morgan fingerprint density at radius 3 is 2.76 bits per heavy atom. The summed E-state index contributed by atoms with van der Waals surface area (Å²) in [7, 11) is 1.49. The van der Waals surface area contributed by atoms with Crippen LogP contribution in [0.3, 0.4) is 0 Å². The number of hydrogen-bond acceptors (Lipinski definition) is 3.